The molecule has 0 heterocycles. The molecule has 3 heteroatoms. The Morgan fingerprint density at radius 2 is 2.25 bits per heavy atom. The summed E-state index contributed by atoms with van der Waals surface area (Å²) in [6.07, 6.45) is 7.99. The number of halogens is 2. The molecule has 1 aromatic carbocycles. The highest BCUT2D eigenvalue weighted by atomic mass is 79.9. The van der Waals surface area contributed by atoms with Crippen molar-refractivity contribution in [3.05, 3.63) is 40.6 Å². The molecule has 1 aliphatic carbocycles. The molecule has 0 radical (unpaired) electrons. The second kappa shape index (κ2) is 5.48. The van der Waals surface area contributed by atoms with E-state index in [-0.39, 0.29) is 5.82 Å². The van der Waals surface area contributed by atoms with Crippen LogP contribution in [0.3, 0.4) is 0 Å². The Balaban J connectivity index is 1.89. The van der Waals surface area contributed by atoms with Crippen molar-refractivity contribution in [2.45, 2.75) is 19.3 Å². The summed E-state index contributed by atoms with van der Waals surface area (Å²) in [4.78, 5) is 0. The number of allylic oxidation sites excluding steroid dienone is 2. The molecule has 0 saturated carbocycles. The molecule has 1 N–H and O–H groups in total. The van der Waals surface area contributed by atoms with Crippen LogP contribution in [0.2, 0.25) is 0 Å². The lowest BCUT2D eigenvalue weighted by molar-refractivity contribution is 0.504. The fraction of sp³-hybridized carbons (Fsp3) is 0.385. The number of hydrogen-bond acceptors (Lipinski definition) is 1. The highest BCUT2D eigenvalue weighted by Gasteiger charge is 2.09. The third-order valence-electron chi connectivity index (χ3n) is 2.89. The van der Waals surface area contributed by atoms with Crippen LogP contribution in [0.5, 0.6) is 0 Å². The van der Waals surface area contributed by atoms with Gasteiger partial charge in [-0.3, -0.25) is 0 Å². The van der Waals surface area contributed by atoms with Gasteiger partial charge in [0.2, 0.25) is 0 Å². The molecule has 16 heavy (non-hydrogen) atoms. The summed E-state index contributed by atoms with van der Waals surface area (Å²) in [6.45, 7) is 0.922. The Bertz CT molecular complexity index is 390. The van der Waals surface area contributed by atoms with Crippen LogP contribution in [0.4, 0.5) is 10.1 Å². The van der Waals surface area contributed by atoms with Gasteiger partial charge in [0.15, 0.2) is 0 Å². The van der Waals surface area contributed by atoms with Gasteiger partial charge in [-0.25, -0.2) is 4.39 Å². The molecule has 0 aliphatic heterocycles. The zero-order valence-electron chi connectivity index (χ0n) is 9.05. The Kier molecular flexibility index (Phi) is 3.99. The minimum Gasteiger partial charge on any atom is -0.385 e. The third kappa shape index (κ3) is 3.08. The molecule has 0 spiro atoms. The van der Waals surface area contributed by atoms with Crippen LogP contribution < -0.4 is 5.32 Å². The molecule has 1 aromatic rings. The van der Waals surface area contributed by atoms with Crippen LogP contribution in [0.25, 0.3) is 0 Å². The Hall–Kier alpha value is -0.830. The first-order chi connectivity index (χ1) is 7.75. The average Bonchev–Trinajstić information content (AvgIpc) is 2.32. The second-order valence-corrected chi connectivity index (χ2v) is 5.01. The molecule has 86 valence electrons. The Labute approximate surface area is 104 Å². The van der Waals surface area contributed by atoms with Crippen LogP contribution in [0, 0.1) is 11.7 Å². The smallest absolute Gasteiger partial charge is 0.139 e. The van der Waals surface area contributed by atoms with Crippen LogP contribution in [0.15, 0.2) is 34.8 Å². The maximum absolute atomic E-state index is 13.2. The van der Waals surface area contributed by atoms with Gasteiger partial charge < -0.3 is 5.32 Å². The SMILES string of the molecule is Fc1cc(NCC2CC=CCC2)ccc1Br. The Morgan fingerprint density at radius 1 is 1.38 bits per heavy atom. The van der Waals surface area contributed by atoms with Crippen molar-refractivity contribution in [3.63, 3.8) is 0 Å². The minimum absolute atomic E-state index is 0.214. The first kappa shape index (κ1) is 11.6. The van der Waals surface area contributed by atoms with E-state index in [1.807, 2.05) is 6.07 Å². The molecule has 1 atom stereocenters. The summed E-state index contributed by atoms with van der Waals surface area (Å²) in [7, 11) is 0. The van der Waals surface area contributed by atoms with E-state index in [0.29, 0.717) is 10.4 Å². The lowest BCUT2D eigenvalue weighted by atomic mass is 9.94. The van der Waals surface area contributed by atoms with E-state index >= 15 is 0 Å². The van der Waals surface area contributed by atoms with E-state index in [1.54, 1.807) is 6.07 Å². The predicted octanol–water partition coefficient (Wildman–Crippen LogP) is 4.36. The van der Waals surface area contributed by atoms with E-state index in [4.69, 9.17) is 0 Å². The van der Waals surface area contributed by atoms with Crippen molar-refractivity contribution < 1.29 is 4.39 Å². The summed E-state index contributed by atoms with van der Waals surface area (Å²) in [6, 6.07) is 5.16. The molecule has 1 nitrogen and oxygen atoms in total. The lowest BCUT2D eigenvalue weighted by Gasteiger charge is -2.18. The van der Waals surface area contributed by atoms with Crippen molar-refractivity contribution in [2.75, 3.05) is 11.9 Å². The maximum atomic E-state index is 13.2. The average molecular weight is 284 g/mol. The zero-order chi connectivity index (χ0) is 11.4. The fourth-order valence-electron chi connectivity index (χ4n) is 1.91. The summed E-state index contributed by atoms with van der Waals surface area (Å²) < 4.78 is 13.8. The molecule has 1 unspecified atom stereocenters. The highest BCUT2D eigenvalue weighted by Crippen LogP contribution is 2.22. The van der Waals surface area contributed by atoms with Crippen molar-refractivity contribution in [3.8, 4) is 0 Å². The molecule has 1 aliphatic rings. The normalized spacial score (nSPS) is 19.8. The van der Waals surface area contributed by atoms with Gasteiger partial charge in [0.25, 0.3) is 0 Å². The molecule has 0 amide bonds. The zero-order valence-corrected chi connectivity index (χ0v) is 10.6. The van der Waals surface area contributed by atoms with Gasteiger partial charge in [0.05, 0.1) is 4.47 Å². The lowest BCUT2D eigenvalue weighted by Crippen LogP contribution is -2.15. The number of benzene rings is 1. The van der Waals surface area contributed by atoms with Crippen molar-refractivity contribution in [2.24, 2.45) is 5.92 Å². The number of nitrogens with one attached hydrogen (secondary N) is 1. The van der Waals surface area contributed by atoms with E-state index in [9.17, 15) is 4.39 Å². The minimum atomic E-state index is -0.214. The van der Waals surface area contributed by atoms with Crippen molar-refractivity contribution >= 4 is 21.6 Å². The van der Waals surface area contributed by atoms with Crippen LogP contribution in [0.1, 0.15) is 19.3 Å². The van der Waals surface area contributed by atoms with Gasteiger partial charge in [0, 0.05) is 12.2 Å². The van der Waals surface area contributed by atoms with E-state index in [0.717, 1.165) is 18.7 Å². The first-order valence-electron chi connectivity index (χ1n) is 5.59. The summed E-state index contributed by atoms with van der Waals surface area (Å²) in [5.74, 6) is 0.463. The standard InChI is InChI=1S/C13H15BrFN/c14-12-7-6-11(8-13(12)15)16-9-10-4-2-1-3-5-10/h1-2,6-8,10,16H,3-5,9H2. The van der Waals surface area contributed by atoms with E-state index in [2.05, 4.69) is 33.4 Å². The van der Waals surface area contributed by atoms with Crippen LogP contribution in [-0.4, -0.2) is 6.54 Å². The molecule has 2 rings (SSSR count). The van der Waals surface area contributed by atoms with Gasteiger partial charge in [-0.15, -0.1) is 0 Å². The van der Waals surface area contributed by atoms with Gasteiger partial charge in [-0.05, 0) is 59.3 Å². The van der Waals surface area contributed by atoms with Crippen LogP contribution >= 0.6 is 15.9 Å². The first-order valence-corrected chi connectivity index (χ1v) is 6.39. The van der Waals surface area contributed by atoms with Gasteiger partial charge in [0.1, 0.15) is 5.82 Å². The van der Waals surface area contributed by atoms with E-state index in [1.165, 1.54) is 18.9 Å². The maximum Gasteiger partial charge on any atom is 0.139 e. The monoisotopic (exact) mass is 283 g/mol. The molecule has 0 bridgehead atoms. The summed E-state index contributed by atoms with van der Waals surface area (Å²) >= 11 is 3.15. The van der Waals surface area contributed by atoms with Crippen molar-refractivity contribution in [1.82, 2.24) is 0 Å². The largest absolute Gasteiger partial charge is 0.385 e. The predicted molar refractivity (Wildman–Crippen MR) is 69.1 cm³/mol. The third-order valence-corrected chi connectivity index (χ3v) is 3.54. The number of rotatable bonds is 3. The molecule has 0 fully saturated rings. The quantitative estimate of drug-likeness (QED) is 0.813. The topological polar surface area (TPSA) is 12.0 Å². The fourth-order valence-corrected chi connectivity index (χ4v) is 2.16. The van der Waals surface area contributed by atoms with E-state index < -0.39 is 0 Å². The second-order valence-electron chi connectivity index (χ2n) is 4.16. The Morgan fingerprint density at radius 3 is 2.94 bits per heavy atom. The van der Waals surface area contributed by atoms with Crippen LogP contribution in [-0.2, 0) is 0 Å². The summed E-state index contributed by atoms with van der Waals surface area (Å²) in [5, 5.41) is 3.29. The summed E-state index contributed by atoms with van der Waals surface area (Å²) in [5.41, 5.74) is 0.857. The molecule has 0 saturated heterocycles. The highest BCUT2D eigenvalue weighted by molar-refractivity contribution is 9.10. The molecule has 0 aromatic heterocycles. The van der Waals surface area contributed by atoms with Gasteiger partial charge in [-0.1, -0.05) is 12.2 Å². The molecular formula is C13H15BrFN. The number of hydrogen-bond donors (Lipinski definition) is 1. The molecular weight excluding hydrogens is 269 g/mol. The number of anilines is 1. The van der Waals surface area contributed by atoms with Gasteiger partial charge in [-0.2, -0.15) is 0 Å². The van der Waals surface area contributed by atoms with Crippen molar-refractivity contribution in [1.29, 1.82) is 0 Å². The van der Waals surface area contributed by atoms with Gasteiger partial charge >= 0.3 is 0 Å².